The van der Waals surface area contributed by atoms with E-state index in [2.05, 4.69) is 20.5 Å². The molecule has 1 aromatic carbocycles. The van der Waals surface area contributed by atoms with E-state index in [-0.39, 0.29) is 5.69 Å². The highest BCUT2D eigenvalue weighted by Crippen LogP contribution is 2.28. The van der Waals surface area contributed by atoms with E-state index in [9.17, 15) is 4.79 Å². The molecule has 136 valence electrons. The molecule has 0 aliphatic heterocycles. The molecule has 0 bridgehead atoms. The highest BCUT2D eigenvalue weighted by molar-refractivity contribution is 7.98. The first-order chi connectivity index (χ1) is 13.2. The molecule has 0 saturated heterocycles. The fraction of sp³-hybridized carbons (Fsp3) is 0.176. The third-order valence-corrected chi connectivity index (χ3v) is 4.85. The number of rotatable bonds is 5. The lowest BCUT2D eigenvalue weighted by Gasteiger charge is -2.07. The molecule has 3 heterocycles. The molecule has 9 nitrogen and oxygen atoms in total. The van der Waals surface area contributed by atoms with Crippen LogP contribution in [0.25, 0.3) is 17.0 Å². The minimum Gasteiger partial charge on any atom is -0.464 e. The molecule has 0 amide bonds. The molecule has 0 saturated carbocycles. The number of pyridine rings is 1. The van der Waals surface area contributed by atoms with Gasteiger partial charge in [0, 0.05) is 12.8 Å². The number of para-hydroxylation sites is 2. The first kappa shape index (κ1) is 17.2. The van der Waals surface area contributed by atoms with Crippen LogP contribution in [0.3, 0.4) is 0 Å². The first-order valence-corrected chi connectivity index (χ1v) is 9.03. The van der Waals surface area contributed by atoms with Gasteiger partial charge in [-0.3, -0.25) is 4.57 Å². The summed E-state index contributed by atoms with van der Waals surface area (Å²) in [5.41, 5.74) is 2.78. The van der Waals surface area contributed by atoms with Gasteiger partial charge < -0.3 is 4.74 Å². The van der Waals surface area contributed by atoms with Gasteiger partial charge in [0.1, 0.15) is 5.69 Å². The Balaban J connectivity index is 1.69. The van der Waals surface area contributed by atoms with Crippen LogP contribution in [0.5, 0.6) is 0 Å². The van der Waals surface area contributed by atoms with Crippen molar-refractivity contribution in [1.29, 1.82) is 0 Å². The fourth-order valence-electron chi connectivity index (χ4n) is 2.62. The van der Waals surface area contributed by atoms with Gasteiger partial charge in [-0.25, -0.2) is 19.4 Å². The maximum atomic E-state index is 11.7. The number of nitrogens with zero attached hydrogens (tertiary/aromatic N) is 7. The summed E-state index contributed by atoms with van der Waals surface area (Å²) in [4.78, 5) is 20.7. The standard InChI is InChI=1S/C17H15N7O2S/c1-23-16(20-21-22-23)24-14-9-4-3-7-12(14)19-17(24)27-10-11-6-5-8-13(18-11)15(25)26-2/h3-9H,10H2,1-2H3. The van der Waals surface area contributed by atoms with Gasteiger partial charge in [-0.2, -0.15) is 0 Å². The van der Waals surface area contributed by atoms with Crippen molar-refractivity contribution in [3.05, 3.63) is 53.9 Å². The molecular formula is C17H15N7O2S. The molecule has 4 aromatic rings. The van der Waals surface area contributed by atoms with Crippen molar-refractivity contribution in [2.24, 2.45) is 7.05 Å². The number of carbonyl (C=O) groups is 1. The summed E-state index contributed by atoms with van der Waals surface area (Å²) in [7, 11) is 3.11. The Morgan fingerprint density at radius 3 is 2.78 bits per heavy atom. The second kappa shape index (κ2) is 7.16. The van der Waals surface area contributed by atoms with E-state index >= 15 is 0 Å². The highest BCUT2D eigenvalue weighted by atomic mass is 32.2. The maximum Gasteiger partial charge on any atom is 0.356 e. The number of carbonyl (C=O) groups excluding carboxylic acids is 1. The molecule has 0 aliphatic rings. The lowest BCUT2D eigenvalue weighted by Crippen LogP contribution is -2.07. The SMILES string of the molecule is COC(=O)c1cccc(CSc2nc3ccccc3n2-c2nnnn2C)n1. The molecular weight excluding hydrogens is 366 g/mol. The third-order valence-electron chi connectivity index (χ3n) is 3.88. The van der Waals surface area contributed by atoms with Crippen molar-refractivity contribution < 1.29 is 9.53 Å². The number of methoxy groups -OCH3 is 1. The second-order valence-corrected chi connectivity index (χ2v) is 6.56. The number of ether oxygens (including phenoxy) is 1. The number of imidazole rings is 1. The molecule has 10 heteroatoms. The summed E-state index contributed by atoms with van der Waals surface area (Å²) in [6.07, 6.45) is 0. The van der Waals surface area contributed by atoms with Gasteiger partial charge in [-0.05, 0) is 34.7 Å². The number of fused-ring (bicyclic) bond motifs is 1. The van der Waals surface area contributed by atoms with Crippen LogP contribution in [0, 0.1) is 0 Å². The molecule has 3 aromatic heterocycles. The average molecular weight is 381 g/mol. The van der Waals surface area contributed by atoms with Gasteiger partial charge in [-0.15, -0.1) is 0 Å². The van der Waals surface area contributed by atoms with E-state index in [0.29, 0.717) is 11.7 Å². The van der Waals surface area contributed by atoms with Crippen molar-refractivity contribution in [2.75, 3.05) is 7.11 Å². The normalized spacial score (nSPS) is 11.0. The second-order valence-electron chi connectivity index (χ2n) is 5.62. The van der Waals surface area contributed by atoms with E-state index in [1.165, 1.54) is 18.9 Å². The van der Waals surface area contributed by atoms with Crippen molar-refractivity contribution in [2.45, 2.75) is 10.9 Å². The van der Waals surface area contributed by atoms with Gasteiger partial charge in [0.05, 0.1) is 23.8 Å². The van der Waals surface area contributed by atoms with Crippen LogP contribution < -0.4 is 0 Å². The number of esters is 1. The van der Waals surface area contributed by atoms with Crippen LogP contribution in [0.4, 0.5) is 0 Å². The number of hydrogen-bond donors (Lipinski definition) is 0. The van der Waals surface area contributed by atoms with Gasteiger partial charge in [0.25, 0.3) is 5.95 Å². The Morgan fingerprint density at radius 1 is 1.15 bits per heavy atom. The number of aryl methyl sites for hydroxylation is 1. The zero-order valence-corrected chi connectivity index (χ0v) is 15.4. The van der Waals surface area contributed by atoms with Crippen LogP contribution in [-0.4, -0.2) is 47.8 Å². The molecule has 0 unspecified atom stereocenters. The Kier molecular flexibility index (Phi) is 4.55. The number of aromatic nitrogens is 7. The van der Waals surface area contributed by atoms with Crippen LogP contribution in [0.15, 0.2) is 47.6 Å². The van der Waals surface area contributed by atoms with Crippen LogP contribution in [0.1, 0.15) is 16.2 Å². The van der Waals surface area contributed by atoms with E-state index in [1.807, 2.05) is 34.9 Å². The minimum atomic E-state index is -0.459. The van der Waals surface area contributed by atoms with E-state index in [0.717, 1.165) is 21.9 Å². The quantitative estimate of drug-likeness (QED) is 0.382. The molecule has 0 radical (unpaired) electrons. The number of hydrogen-bond acceptors (Lipinski definition) is 8. The lowest BCUT2D eigenvalue weighted by atomic mass is 10.3. The highest BCUT2D eigenvalue weighted by Gasteiger charge is 2.17. The first-order valence-electron chi connectivity index (χ1n) is 8.04. The van der Waals surface area contributed by atoms with E-state index < -0.39 is 5.97 Å². The summed E-state index contributed by atoms with van der Waals surface area (Å²) in [5.74, 6) is 0.640. The summed E-state index contributed by atoms with van der Waals surface area (Å²) < 4.78 is 8.22. The van der Waals surface area contributed by atoms with Gasteiger partial charge >= 0.3 is 5.97 Å². The van der Waals surface area contributed by atoms with Crippen molar-refractivity contribution in [1.82, 2.24) is 34.7 Å². The summed E-state index contributed by atoms with van der Waals surface area (Å²) in [6.45, 7) is 0. The zero-order valence-electron chi connectivity index (χ0n) is 14.6. The molecule has 27 heavy (non-hydrogen) atoms. The van der Waals surface area contributed by atoms with Crippen molar-refractivity contribution >= 4 is 28.8 Å². The van der Waals surface area contributed by atoms with Gasteiger partial charge in [0.2, 0.25) is 0 Å². The molecule has 0 atom stereocenters. The predicted octanol–water partition coefficient (Wildman–Crippen LogP) is 2.02. The summed E-state index contributed by atoms with van der Waals surface area (Å²) in [5, 5.41) is 12.5. The average Bonchev–Trinajstić information content (AvgIpc) is 3.28. The van der Waals surface area contributed by atoms with E-state index in [4.69, 9.17) is 9.72 Å². The number of tetrazole rings is 1. The Hall–Kier alpha value is -3.27. The van der Waals surface area contributed by atoms with Gasteiger partial charge in [0.15, 0.2) is 5.16 Å². The van der Waals surface area contributed by atoms with Crippen LogP contribution in [-0.2, 0) is 17.5 Å². The Bertz CT molecular complexity index is 1120. The molecule has 0 spiro atoms. The lowest BCUT2D eigenvalue weighted by molar-refractivity contribution is 0.0594. The molecule has 0 fully saturated rings. The number of thioether (sulfide) groups is 1. The van der Waals surface area contributed by atoms with Gasteiger partial charge in [-0.1, -0.05) is 35.1 Å². The molecule has 0 aliphatic carbocycles. The minimum absolute atomic E-state index is 0.279. The Labute approximate surface area is 158 Å². The van der Waals surface area contributed by atoms with Crippen LogP contribution >= 0.6 is 11.8 Å². The Morgan fingerprint density at radius 2 is 2.00 bits per heavy atom. The predicted molar refractivity (Wildman–Crippen MR) is 98.6 cm³/mol. The van der Waals surface area contributed by atoms with E-state index in [1.54, 1.807) is 23.9 Å². The van der Waals surface area contributed by atoms with Crippen molar-refractivity contribution in [3.8, 4) is 5.95 Å². The summed E-state index contributed by atoms with van der Waals surface area (Å²) >= 11 is 1.49. The molecule has 0 N–H and O–H groups in total. The summed E-state index contributed by atoms with van der Waals surface area (Å²) in [6, 6.07) is 13.1. The monoisotopic (exact) mass is 381 g/mol. The maximum absolute atomic E-state index is 11.7. The largest absolute Gasteiger partial charge is 0.464 e. The van der Waals surface area contributed by atoms with Crippen molar-refractivity contribution in [3.63, 3.8) is 0 Å². The number of benzene rings is 1. The smallest absolute Gasteiger partial charge is 0.356 e. The molecule has 4 rings (SSSR count). The third kappa shape index (κ3) is 3.26. The fourth-order valence-corrected chi connectivity index (χ4v) is 3.53. The van der Waals surface area contributed by atoms with Crippen LogP contribution in [0.2, 0.25) is 0 Å². The topological polar surface area (TPSA) is 101 Å². The zero-order chi connectivity index (χ0) is 18.8.